The molecule has 0 aromatic heterocycles. The second kappa shape index (κ2) is 71.3. The van der Waals surface area contributed by atoms with E-state index in [-0.39, 0.29) is 31.1 Å². The second-order valence-electron chi connectivity index (χ2n) is 24.5. The third-order valence-corrected chi connectivity index (χ3v) is 16.1. The van der Waals surface area contributed by atoms with Gasteiger partial charge in [0.25, 0.3) is 0 Å². The van der Waals surface area contributed by atoms with Crippen LogP contribution in [0.4, 0.5) is 0 Å². The fraction of sp³-hybridized carbons (Fsp3) is 0.805. The zero-order chi connectivity index (χ0) is 59.9. The van der Waals surface area contributed by atoms with Crippen molar-refractivity contribution in [2.24, 2.45) is 0 Å². The van der Waals surface area contributed by atoms with Crippen molar-refractivity contribution in [2.45, 2.75) is 386 Å². The van der Waals surface area contributed by atoms with Crippen LogP contribution in [0.25, 0.3) is 0 Å². The number of unbranched alkanes of at least 4 members (excludes halogenated alkanes) is 44. The van der Waals surface area contributed by atoms with Gasteiger partial charge in [-0.3, -0.25) is 14.4 Å². The molecule has 83 heavy (non-hydrogen) atoms. The van der Waals surface area contributed by atoms with Crippen LogP contribution in [-0.2, 0) is 28.6 Å². The molecule has 0 aromatic rings. The molecule has 0 aliphatic heterocycles. The minimum Gasteiger partial charge on any atom is -0.462 e. The number of hydrogen-bond donors (Lipinski definition) is 0. The van der Waals surface area contributed by atoms with Crippen LogP contribution in [0.2, 0.25) is 0 Å². The van der Waals surface area contributed by atoms with Crippen molar-refractivity contribution in [1.29, 1.82) is 0 Å². The van der Waals surface area contributed by atoms with E-state index in [1.54, 1.807) is 0 Å². The first-order chi connectivity index (χ1) is 41.0. The Balaban J connectivity index is 4.10. The maximum Gasteiger partial charge on any atom is 0.306 e. The molecule has 0 saturated carbocycles. The molecule has 482 valence electrons. The van der Waals surface area contributed by atoms with Gasteiger partial charge in [-0.05, 0) is 109 Å². The molecule has 6 heteroatoms. The van der Waals surface area contributed by atoms with Crippen LogP contribution in [0.1, 0.15) is 380 Å². The Morgan fingerprint density at radius 2 is 0.458 bits per heavy atom. The molecule has 0 aliphatic rings. The summed E-state index contributed by atoms with van der Waals surface area (Å²) in [5, 5.41) is 0. The van der Waals surface area contributed by atoms with Gasteiger partial charge in [0.1, 0.15) is 13.2 Å². The Morgan fingerprint density at radius 1 is 0.241 bits per heavy atom. The van der Waals surface area contributed by atoms with Gasteiger partial charge in [0.15, 0.2) is 6.10 Å². The number of allylic oxidation sites excluding steroid dienone is 12. The quantitative estimate of drug-likeness (QED) is 0.0261. The number of carbonyl (C=O) groups excluding carboxylic acids is 3. The molecule has 6 nitrogen and oxygen atoms in total. The van der Waals surface area contributed by atoms with Crippen LogP contribution < -0.4 is 0 Å². The van der Waals surface area contributed by atoms with Crippen molar-refractivity contribution in [1.82, 2.24) is 0 Å². The summed E-state index contributed by atoms with van der Waals surface area (Å²) in [7, 11) is 0. The van der Waals surface area contributed by atoms with Gasteiger partial charge in [0.05, 0.1) is 0 Å². The first-order valence-corrected chi connectivity index (χ1v) is 36.4. The van der Waals surface area contributed by atoms with E-state index in [4.69, 9.17) is 14.2 Å². The van der Waals surface area contributed by atoms with Crippen molar-refractivity contribution in [3.05, 3.63) is 72.9 Å². The first kappa shape index (κ1) is 79.8. The van der Waals surface area contributed by atoms with Gasteiger partial charge in [-0.1, -0.05) is 325 Å². The third-order valence-electron chi connectivity index (χ3n) is 16.1. The van der Waals surface area contributed by atoms with E-state index < -0.39 is 6.10 Å². The molecule has 0 heterocycles. The Kier molecular flexibility index (Phi) is 68.6. The minimum absolute atomic E-state index is 0.0795. The van der Waals surface area contributed by atoms with Crippen molar-refractivity contribution in [3.8, 4) is 0 Å². The van der Waals surface area contributed by atoms with E-state index >= 15 is 0 Å². The monoisotopic (exact) mass is 1160 g/mol. The molecule has 0 fully saturated rings. The second-order valence-corrected chi connectivity index (χ2v) is 24.5. The highest BCUT2D eigenvalue weighted by atomic mass is 16.6. The number of hydrogen-bond acceptors (Lipinski definition) is 6. The van der Waals surface area contributed by atoms with E-state index in [0.29, 0.717) is 19.3 Å². The number of esters is 3. The summed E-state index contributed by atoms with van der Waals surface area (Å²) >= 11 is 0. The van der Waals surface area contributed by atoms with Gasteiger partial charge in [0, 0.05) is 19.3 Å². The van der Waals surface area contributed by atoms with Crippen molar-refractivity contribution in [3.63, 3.8) is 0 Å². The molecular weight excluding hydrogens is 1020 g/mol. The largest absolute Gasteiger partial charge is 0.462 e. The average Bonchev–Trinajstić information content (AvgIpc) is 3.49. The predicted octanol–water partition coefficient (Wildman–Crippen LogP) is 25.2. The molecule has 0 bridgehead atoms. The first-order valence-electron chi connectivity index (χ1n) is 36.4. The Bertz CT molecular complexity index is 1520. The van der Waals surface area contributed by atoms with Crippen LogP contribution >= 0.6 is 0 Å². The lowest BCUT2D eigenvalue weighted by molar-refractivity contribution is -0.167. The Labute approximate surface area is 516 Å². The van der Waals surface area contributed by atoms with Gasteiger partial charge < -0.3 is 14.2 Å². The van der Waals surface area contributed by atoms with Gasteiger partial charge in [0.2, 0.25) is 0 Å². The standard InChI is InChI=1S/C77H138O6/c1-4-7-10-13-16-19-22-25-27-29-30-31-32-33-34-35-36-37-38-39-40-41-42-43-44-45-46-48-49-52-55-58-61-64-67-70-76(79)82-73-74(72-81-75(78)69-66-63-60-57-54-51-24-21-18-15-12-9-6-3)83-77(80)71-68-65-62-59-56-53-50-47-28-26-23-20-17-14-11-8-5-2/h12,15,17,20-22,24-26,28-30,74H,4-11,13-14,16,18-19,23,27,31-73H2,1-3H3/b15-12-,20-17-,24-21-,25-22-,28-26-,30-29-. The van der Waals surface area contributed by atoms with Crippen LogP contribution in [-0.4, -0.2) is 37.2 Å². The van der Waals surface area contributed by atoms with E-state index in [2.05, 4.69) is 93.7 Å². The van der Waals surface area contributed by atoms with E-state index in [1.807, 2.05) is 0 Å². The lowest BCUT2D eigenvalue weighted by atomic mass is 10.0. The van der Waals surface area contributed by atoms with E-state index in [1.165, 1.54) is 238 Å². The highest BCUT2D eigenvalue weighted by molar-refractivity contribution is 5.71. The third kappa shape index (κ3) is 69.5. The molecule has 0 aromatic carbocycles. The SMILES string of the molecule is CCC/C=C\C/C=C\CCCCCCCC(=O)OCC(COC(=O)CCCCCCCCCCCCCCCCCCCCCCCCC/C=C\C/C=C\CCCCCCC)OC(=O)CCCCCCCCC/C=C\C/C=C\CCCCC. The van der Waals surface area contributed by atoms with Crippen LogP contribution in [0.5, 0.6) is 0 Å². The fourth-order valence-electron chi connectivity index (χ4n) is 10.7. The zero-order valence-electron chi connectivity index (χ0n) is 55.5. The molecule has 0 rings (SSSR count). The summed E-state index contributed by atoms with van der Waals surface area (Å²) in [5.74, 6) is -0.883. The molecule has 1 unspecified atom stereocenters. The topological polar surface area (TPSA) is 78.9 Å². The van der Waals surface area contributed by atoms with Gasteiger partial charge in [-0.2, -0.15) is 0 Å². The van der Waals surface area contributed by atoms with Gasteiger partial charge >= 0.3 is 17.9 Å². The highest BCUT2D eigenvalue weighted by Crippen LogP contribution is 2.18. The molecule has 0 amide bonds. The van der Waals surface area contributed by atoms with Crippen LogP contribution in [0.3, 0.4) is 0 Å². The normalized spacial score (nSPS) is 12.5. The molecular formula is C77H138O6. The van der Waals surface area contributed by atoms with Crippen molar-refractivity contribution >= 4 is 17.9 Å². The maximum absolute atomic E-state index is 12.9. The van der Waals surface area contributed by atoms with Gasteiger partial charge in [-0.15, -0.1) is 0 Å². The highest BCUT2D eigenvalue weighted by Gasteiger charge is 2.19. The van der Waals surface area contributed by atoms with E-state index in [0.717, 1.165) is 103 Å². The molecule has 0 radical (unpaired) electrons. The van der Waals surface area contributed by atoms with Crippen molar-refractivity contribution in [2.75, 3.05) is 13.2 Å². The molecule has 1 atom stereocenters. The average molecular weight is 1160 g/mol. The number of rotatable bonds is 67. The smallest absolute Gasteiger partial charge is 0.306 e. The summed E-state index contributed by atoms with van der Waals surface area (Å²) in [6.07, 6.45) is 93.8. The lowest BCUT2D eigenvalue weighted by Gasteiger charge is -2.18. The van der Waals surface area contributed by atoms with Crippen molar-refractivity contribution < 1.29 is 28.6 Å². The van der Waals surface area contributed by atoms with Gasteiger partial charge in [-0.25, -0.2) is 0 Å². The summed E-state index contributed by atoms with van der Waals surface area (Å²) in [6, 6.07) is 0. The molecule has 0 N–H and O–H groups in total. The zero-order valence-corrected chi connectivity index (χ0v) is 55.5. The summed E-state index contributed by atoms with van der Waals surface area (Å²) in [4.78, 5) is 38.4. The summed E-state index contributed by atoms with van der Waals surface area (Å²) in [5.41, 5.74) is 0. The minimum atomic E-state index is -0.785. The predicted molar refractivity (Wildman–Crippen MR) is 362 cm³/mol. The maximum atomic E-state index is 12.9. The number of ether oxygens (including phenoxy) is 3. The summed E-state index contributed by atoms with van der Waals surface area (Å²) < 4.78 is 16.9. The number of carbonyl (C=O) groups is 3. The fourth-order valence-corrected chi connectivity index (χ4v) is 10.7. The van der Waals surface area contributed by atoms with E-state index in [9.17, 15) is 14.4 Å². The molecule has 0 saturated heterocycles. The molecule has 0 aliphatic carbocycles. The van der Waals surface area contributed by atoms with Crippen LogP contribution in [0, 0.1) is 0 Å². The summed E-state index contributed by atoms with van der Waals surface area (Å²) in [6.45, 7) is 6.57. The Hall–Kier alpha value is -3.15. The Morgan fingerprint density at radius 3 is 0.735 bits per heavy atom. The molecule has 0 spiro atoms. The lowest BCUT2D eigenvalue weighted by Crippen LogP contribution is -2.30. The van der Waals surface area contributed by atoms with Crippen LogP contribution in [0.15, 0.2) is 72.9 Å².